The van der Waals surface area contributed by atoms with E-state index >= 15 is 0 Å². The molecule has 0 fully saturated rings. The Hall–Kier alpha value is 0. The van der Waals surface area contributed by atoms with Gasteiger partial charge in [-0.15, -0.1) is 0 Å². The number of hydrogen-bond donors (Lipinski definition) is 0. The molecule has 0 amide bonds. The van der Waals surface area contributed by atoms with Gasteiger partial charge in [-0.25, -0.2) is 0 Å². The number of hydrogen-bond acceptors (Lipinski definition) is 0. The normalized spacial score (nSPS) is 18.6. The van der Waals surface area contributed by atoms with E-state index in [1.165, 1.54) is 12.8 Å². The fourth-order valence-corrected chi connectivity index (χ4v) is 3.05. The Kier molecular flexibility index (Phi) is 6.48. The predicted molar refractivity (Wildman–Crippen MR) is 66.4 cm³/mol. The lowest BCUT2D eigenvalue weighted by atomic mass is 9.72. The van der Waals surface area contributed by atoms with Crippen molar-refractivity contribution < 1.29 is 0 Å². The average molecular weight is 198 g/mol. The van der Waals surface area contributed by atoms with Crippen LogP contribution in [0.25, 0.3) is 0 Å². The molecule has 0 heteroatoms. The maximum atomic E-state index is 2.44. The third-order valence-electron chi connectivity index (χ3n) is 3.57. The van der Waals surface area contributed by atoms with Crippen molar-refractivity contribution in [1.82, 2.24) is 0 Å². The minimum atomic E-state index is 0.832. The lowest BCUT2D eigenvalue weighted by Crippen LogP contribution is -2.25. The first-order valence-electron chi connectivity index (χ1n) is 6.40. The van der Waals surface area contributed by atoms with Gasteiger partial charge in [0.05, 0.1) is 0 Å². The standard InChI is InChI=1S/C14H30/c1-8-12(6)14(11(4)5)13(7)9-10(2)3/h10-14H,8-9H2,1-7H3. The lowest BCUT2D eigenvalue weighted by molar-refractivity contribution is 0.163. The molecule has 0 aromatic carbocycles. The first-order valence-corrected chi connectivity index (χ1v) is 6.40. The summed E-state index contributed by atoms with van der Waals surface area (Å²) in [5.41, 5.74) is 0. The highest BCUT2D eigenvalue weighted by Gasteiger charge is 2.25. The molecule has 3 unspecified atom stereocenters. The quantitative estimate of drug-likeness (QED) is 0.564. The van der Waals surface area contributed by atoms with Gasteiger partial charge < -0.3 is 0 Å². The van der Waals surface area contributed by atoms with Crippen molar-refractivity contribution in [2.45, 2.75) is 61.3 Å². The SMILES string of the molecule is CCC(C)C(C(C)C)C(C)CC(C)C. The van der Waals surface area contributed by atoms with E-state index in [-0.39, 0.29) is 0 Å². The minimum Gasteiger partial charge on any atom is -0.0651 e. The maximum absolute atomic E-state index is 2.44. The molecule has 0 saturated heterocycles. The Morgan fingerprint density at radius 1 is 0.786 bits per heavy atom. The fourth-order valence-electron chi connectivity index (χ4n) is 3.05. The summed E-state index contributed by atoms with van der Waals surface area (Å²) in [6, 6.07) is 0. The zero-order valence-electron chi connectivity index (χ0n) is 11.3. The summed E-state index contributed by atoms with van der Waals surface area (Å²) < 4.78 is 0. The molecule has 0 heterocycles. The van der Waals surface area contributed by atoms with Crippen LogP contribution in [0.2, 0.25) is 0 Å². The molecule has 3 atom stereocenters. The Morgan fingerprint density at radius 2 is 1.29 bits per heavy atom. The van der Waals surface area contributed by atoms with Gasteiger partial charge in [-0.1, -0.05) is 54.9 Å². The van der Waals surface area contributed by atoms with Gasteiger partial charge in [0, 0.05) is 0 Å². The molecule has 0 aliphatic heterocycles. The first-order chi connectivity index (χ1) is 6.40. The van der Waals surface area contributed by atoms with Crippen molar-refractivity contribution in [2.75, 3.05) is 0 Å². The van der Waals surface area contributed by atoms with Crippen LogP contribution in [-0.2, 0) is 0 Å². The second-order valence-electron chi connectivity index (χ2n) is 5.81. The average Bonchev–Trinajstić information content (AvgIpc) is 2.01. The molecule has 0 saturated carbocycles. The van der Waals surface area contributed by atoms with Crippen LogP contribution in [-0.4, -0.2) is 0 Å². The van der Waals surface area contributed by atoms with Gasteiger partial charge in [0.25, 0.3) is 0 Å². The minimum absolute atomic E-state index is 0.832. The smallest absolute Gasteiger partial charge is 0.0340 e. The maximum Gasteiger partial charge on any atom is -0.0340 e. The predicted octanol–water partition coefficient (Wildman–Crippen LogP) is 4.99. The second-order valence-corrected chi connectivity index (χ2v) is 5.81. The third-order valence-corrected chi connectivity index (χ3v) is 3.57. The van der Waals surface area contributed by atoms with Gasteiger partial charge in [-0.3, -0.25) is 0 Å². The summed E-state index contributed by atoms with van der Waals surface area (Å²) in [6.07, 6.45) is 2.71. The van der Waals surface area contributed by atoms with Crippen LogP contribution in [0.3, 0.4) is 0 Å². The van der Waals surface area contributed by atoms with Crippen LogP contribution >= 0.6 is 0 Å². The molecule has 0 rings (SSSR count). The Balaban J connectivity index is 4.33. The molecule has 0 aromatic heterocycles. The van der Waals surface area contributed by atoms with Crippen molar-refractivity contribution in [2.24, 2.45) is 29.6 Å². The molecule has 0 N–H and O–H groups in total. The summed E-state index contributed by atoms with van der Waals surface area (Å²) >= 11 is 0. The van der Waals surface area contributed by atoms with Crippen molar-refractivity contribution in [3.63, 3.8) is 0 Å². The lowest BCUT2D eigenvalue weighted by Gasteiger charge is -2.33. The van der Waals surface area contributed by atoms with E-state index in [4.69, 9.17) is 0 Å². The summed E-state index contributed by atoms with van der Waals surface area (Å²) in [5, 5.41) is 0. The molecular formula is C14H30. The summed E-state index contributed by atoms with van der Waals surface area (Å²) in [7, 11) is 0. The first kappa shape index (κ1) is 14.0. The molecule has 14 heavy (non-hydrogen) atoms. The summed E-state index contributed by atoms with van der Waals surface area (Å²) in [5.74, 6) is 4.34. The molecule has 0 aliphatic rings. The Morgan fingerprint density at radius 3 is 1.57 bits per heavy atom. The molecule has 0 radical (unpaired) electrons. The van der Waals surface area contributed by atoms with Crippen LogP contribution in [0.1, 0.15) is 61.3 Å². The van der Waals surface area contributed by atoms with Crippen LogP contribution in [0.4, 0.5) is 0 Å². The third kappa shape index (κ3) is 4.48. The van der Waals surface area contributed by atoms with Crippen LogP contribution in [0, 0.1) is 29.6 Å². The molecule has 0 aliphatic carbocycles. The van der Waals surface area contributed by atoms with E-state index in [0.29, 0.717) is 0 Å². The van der Waals surface area contributed by atoms with E-state index in [2.05, 4.69) is 48.5 Å². The summed E-state index contributed by atoms with van der Waals surface area (Å²) in [6.45, 7) is 16.6. The second kappa shape index (κ2) is 6.48. The van der Waals surface area contributed by atoms with Gasteiger partial charge in [-0.2, -0.15) is 0 Å². The topological polar surface area (TPSA) is 0 Å². The highest BCUT2D eigenvalue weighted by molar-refractivity contribution is 4.75. The van der Waals surface area contributed by atoms with Crippen molar-refractivity contribution in [3.8, 4) is 0 Å². The highest BCUT2D eigenvalue weighted by atomic mass is 14.3. The number of rotatable bonds is 6. The molecule has 0 aromatic rings. The highest BCUT2D eigenvalue weighted by Crippen LogP contribution is 2.33. The van der Waals surface area contributed by atoms with E-state index in [1.54, 1.807) is 0 Å². The summed E-state index contributed by atoms with van der Waals surface area (Å²) in [4.78, 5) is 0. The molecule has 0 spiro atoms. The molecule has 0 nitrogen and oxygen atoms in total. The Labute approximate surface area is 91.5 Å². The van der Waals surface area contributed by atoms with Gasteiger partial charge in [0.15, 0.2) is 0 Å². The van der Waals surface area contributed by atoms with Gasteiger partial charge >= 0.3 is 0 Å². The zero-order valence-corrected chi connectivity index (χ0v) is 11.3. The Bertz CT molecular complexity index is 135. The van der Waals surface area contributed by atoms with Crippen LogP contribution < -0.4 is 0 Å². The molecule has 0 bridgehead atoms. The zero-order chi connectivity index (χ0) is 11.3. The van der Waals surface area contributed by atoms with Crippen LogP contribution in [0.15, 0.2) is 0 Å². The van der Waals surface area contributed by atoms with E-state index in [0.717, 1.165) is 29.6 Å². The van der Waals surface area contributed by atoms with E-state index < -0.39 is 0 Å². The van der Waals surface area contributed by atoms with E-state index in [9.17, 15) is 0 Å². The monoisotopic (exact) mass is 198 g/mol. The van der Waals surface area contributed by atoms with Crippen molar-refractivity contribution in [1.29, 1.82) is 0 Å². The van der Waals surface area contributed by atoms with Crippen LogP contribution in [0.5, 0.6) is 0 Å². The van der Waals surface area contributed by atoms with Gasteiger partial charge in [-0.05, 0) is 36.0 Å². The van der Waals surface area contributed by atoms with E-state index in [1.807, 2.05) is 0 Å². The molecule has 86 valence electrons. The fraction of sp³-hybridized carbons (Fsp3) is 1.00. The van der Waals surface area contributed by atoms with Crippen molar-refractivity contribution >= 4 is 0 Å². The van der Waals surface area contributed by atoms with Gasteiger partial charge in [0.2, 0.25) is 0 Å². The van der Waals surface area contributed by atoms with Gasteiger partial charge in [0.1, 0.15) is 0 Å². The molecular weight excluding hydrogens is 168 g/mol. The largest absolute Gasteiger partial charge is 0.0651 e. The van der Waals surface area contributed by atoms with Crippen molar-refractivity contribution in [3.05, 3.63) is 0 Å².